The Balaban J connectivity index is 2.95. The zero-order valence-electron chi connectivity index (χ0n) is 8.72. The van der Waals surface area contributed by atoms with Gasteiger partial charge >= 0.3 is 0 Å². The van der Waals surface area contributed by atoms with Gasteiger partial charge in [-0.2, -0.15) is 4.31 Å². The molecule has 5 nitrogen and oxygen atoms in total. The number of nitrogens with zero attached hydrogens (tertiary/aromatic N) is 3. The van der Waals surface area contributed by atoms with Crippen molar-refractivity contribution in [3.63, 3.8) is 0 Å². The summed E-state index contributed by atoms with van der Waals surface area (Å²) < 4.78 is 26.8. The molecule has 15 heavy (non-hydrogen) atoms. The Hall–Kier alpha value is -0.400. The lowest BCUT2D eigenvalue weighted by atomic mass is 10.7. The lowest BCUT2D eigenvalue weighted by Gasteiger charge is -2.13. The quantitative estimate of drug-likeness (QED) is 0.759. The highest BCUT2D eigenvalue weighted by molar-refractivity contribution is 9.09. The van der Waals surface area contributed by atoms with Crippen LogP contribution in [0.3, 0.4) is 0 Å². The van der Waals surface area contributed by atoms with E-state index in [1.807, 2.05) is 6.92 Å². The molecular weight excluding hydrogens is 282 g/mol. The molecule has 0 aliphatic carbocycles. The van der Waals surface area contributed by atoms with E-state index in [-0.39, 0.29) is 5.03 Å². The maximum absolute atomic E-state index is 11.9. The van der Waals surface area contributed by atoms with Crippen LogP contribution >= 0.6 is 15.9 Å². The van der Waals surface area contributed by atoms with Crippen LogP contribution in [0.5, 0.6) is 0 Å². The van der Waals surface area contributed by atoms with Crippen LogP contribution in [0, 0.1) is 0 Å². The normalized spacial score (nSPS) is 12.3. The van der Waals surface area contributed by atoms with Gasteiger partial charge in [0.2, 0.25) is 0 Å². The molecule has 0 spiro atoms. The Bertz CT molecular complexity index is 415. The van der Waals surface area contributed by atoms with E-state index in [0.717, 1.165) is 0 Å². The van der Waals surface area contributed by atoms with Crippen molar-refractivity contribution >= 4 is 26.0 Å². The van der Waals surface area contributed by atoms with E-state index in [4.69, 9.17) is 0 Å². The van der Waals surface area contributed by atoms with E-state index in [1.165, 1.54) is 10.6 Å². The number of imidazole rings is 1. The average Bonchev–Trinajstić information content (AvgIpc) is 2.66. The molecule has 0 N–H and O–H groups in total. The molecule has 0 aromatic carbocycles. The van der Waals surface area contributed by atoms with E-state index in [9.17, 15) is 8.42 Å². The standard InChI is InChI=1S/C8H14BrN3O2S/c1-3-12-6-8(10-7-12)15(13,14)11(2)5-4-9/h6-7H,3-5H2,1-2H3. The number of hydrogen-bond acceptors (Lipinski definition) is 3. The predicted molar refractivity (Wildman–Crippen MR) is 61.5 cm³/mol. The third-order valence-corrected chi connectivity index (χ3v) is 4.15. The minimum absolute atomic E-state index is 0.104. The van der Waals surface area contributed by atoms with Crippen LogP contribution in [0.2, 0.25) is 0 Å². The summed E-state index contributed by atoms with van der Waals surface area (Å²) in [5.74, 6) is 0. The molecule has 0 fully saturated rings. The van der Waals surface area contributed by atoms with Gasteiger partial charge in [-0.15, -0.1) is 0 Å². The van der Waals surface area contributed by atoms with E-state index in [0.29, 0.717) is 18.4 Å². The third kappa shape index (κ3) is 2.79. The molecule has 1 rings (SSSR count). The fraction of sp³-hybridized carbons (Fsp3) is 0.625. The van der Waals surface area contributed by atoms with Gasteiger partial charge < -0.3 is 4.57 Å². The molecule has 0 amide bonds. The van der Waals surface area contributed by atoms with Crippen LogP contribution in [-0.4, -0.2) is 41.2 Å². The Morgan fingerprint density at radius 3 is 2.73 bits per heavy atom. The van der Waals surface area contributed by atoms with E-state index in [2.05, 4.69) is 20.9 Å². The second-order valence-corrected chi connectivity index (χ2v) is 5.84. The van der Waals surface area contributed by atoms with Crippen LogP contribution < -0.4 is 0 Å². The summed E-state index contributed by atoms with van der Waals surface area (Å²) >= 11 is 3.20. The molecule has 86 valence electrons. The fourth-order valence-electron chi connectivity index (χ4n) is 1.04. The molecule has 0 bridgehead atoms. The van der Waals surface area contributed by atoms with E-state index in [1.54, 1.807) is 17.8 Å². The Kier molecular flexibility index (Phi) is 4.30. The molecule has 0 atom stereocenters. The number of rotatable bonds is 5. The van der Waals surface area contributed by atoms with Crippen LogP contribution in [0.4, 0.5) is 0 Å². The number of aryl methyl sites for hydroxylation is 1. The lowest BCUT2D eigenvalue weighted by Crippen LogP contribution is -2.28. The topological polar surface area (TPSA) is 55.2 Å². The molecule has 1 heterocycles. The highest BCUT2D eigenvalue weighted by atomic mass is 79.9. The zero-order chi connectivity index (χ0) is 11.5. The van der Waals surface area contributed by atoms with E-state index >= 15 is 0 Å². The summed E-state index contributed by atoms with van der Waals surface area (Å²) in [6.07, 6.45) is 3.06. The second kappa shape index (κ2) is 5.09. The zero-order valence-corrected chi connectivity index (χ0v) is 11.1. The SMILES string of the molecule is CCn1cnc(S(=O)(=O)N(C)CCBr)c1. The van der Waals surface area contributed by atoms with Gasteiger partial charge in [0.05, 0.1) is 6.33 Å². The number of sulfonamides is 1. The van der Waals surface area contributed by atoms with Crippen LogP contribution in [0.1, 0.15) is 6.92 Å². The predicted octanol–water partition coefficient (Wildman–Crippen LogP) is 0.918. The molecule has 0 aliphatic heterocycles. The smallest absolute Gasteiger partial charge is 0.261 e. The Morgan fingerprint density at radius 2 is 2.27 bits per heavy atom. The molecule has 0 saturated heterocycles. The van der Waals surface area contributed by atoms with Gasteiger partial charge in [0.1, 0.15) is 0 Å². The van der Waals surface area contributed by atoms with Gasteiger partial charge in [-0.05, 0) is 6.92 Å². The monoisotopic (exact) mass is 295 g/mol. The highest BCUT2D eigenvalue weighted by Crippen LogP contribution is 2.11. The number of alkyl halides is 1. The van der Waals surface area contributed by atoms with Gasteiger partial charge in [0.25, 0.3) is 10.0 Å². The number of hydrogen-bond donors (Lipinski definition) is 0. The summed E-state index contributed by atoms with van der Waals surface area (Å²) in [5.41, 5.74) is 0. The summed E-state index contributed by atoms with van der Waals surface area (Å²) in [7, 11) is -1.88. The minimum Gasteiger partial charge on any atom is -0.336 e. The molecule has 1 aromatic rings. The van der Waals surface area contributed by atoms with Gasteiger partial charge in [0.15, 0.2) is 5.03 Å². The van der Waals surface area contributed by atoms with Crippen molar-refractivity contribution < 1.29 is 8.42 Å². The maximum atomic E-state index is 11.9. The molecular formula is C8H14BrN3O2S. The molecule has 0 unspecified atom stereocenters. The average molecular weight is 296 g/mol. The van der Waals surface area contributed by atoms with Crippen LogP contribution in [0.15, 0.2) is 17.6 Å². The van der Waals surface area contributed by atoms with Gasteiger partial charge in [-0.3, -0.25) is 0 Å². The van der Waals surface area contributed by atoms with Crippen molar-refractivity contribution in [2.24, 2.45) is 0 Å². The Labute approximate surface area is 98.3 Å². The molecule has 1 aromatic heterocycles. The van der Waals surface area contributed by atoms with Crippen molar-refractivity contribution in [1.29, 1.82) is 0 Å². The fourth-order valence-corrected chi connectivity index (χ4v) is 2.91. The van der Waals surface area contributed by atoms with Crippen molar-refractivity contribution in [1.82, 2.24) is 13.9 Å². The van der Waals surface area contributed by atoms with Crippen molar-refractivity contribution in [3.05, 3.63) is 12.5 Å². The summed E-state index contributed by atoms with van der Waals surface area (Å²) in [5, 5.41) is 0.713. The van der Waals surface area contributed by atoms with Crippen molar-refractivity contribution in [2.45, 2.75) is 18.5 Å². The first-order chi connectivity index (χ1) is 7.02. The molecule has 0 saturated carbocycles. The van der Waals surface area contributed by atoms with Crippen molar-refractivity contribution in [2.75, 3.05) is 18.9 Å². The third-order valence-electron chi connectivity index (χ3n) is 2.05. The van der Waals surface area contributed by atoms with Crippen molar-refractivity contribution in [3.8, 4) is 0 Å². The van der Waals surface area contributed by atoms with Gasteiger partial charge in [-0.25, -0.2) is 13.4 Å². The summed E-state index contributed by atoms with van der Waals surface area (Å²) in [6.45, 7) is 3.08. The number of halogens is 1. The van der Waals surface area contributed by atoms with Crippen LogP contribution in [0.25, 0.3) is 0 Å². The maximum Gasteiger partial charge on any atom is 0.261 e. The largest absolute Gasteiger partial charge is 0.336 e. The number of aromatic nitrogens is 2. The molecule has 7 heteroatoms. The van der Waals surface area contributed by atoms with E-state index < -0.39 is 10.0 Å². The molecule has 0 aliphatic rings. The summed E-state index contributed by atoms with van der Waals surface area (Å²) in [6, 6.07) is 0. The minimum atomic E-state index is -3.42. The highest BCUT2D eigenvalue weighted by Gasteiger charge is 2.22. The second-order valence-electron chi connectivity index (χ2n) is 3.06. The van der Waals surface area contributed by atoms with Gasteiger partial charge in [-0.1, -0.05) is 15.9 Å². The van der Waals surface area contributed by atoms with Gasteiger partial charge in [0, 0.05) is 31.7 Å². The first-order valence-corrected chi connectivity index (χ1v) is 7.12. The first kappa shape index (κ1) is 12.7. The summed E-state index contributed by atoms with van der Waals surface area (Å²) in [4.78, 5) is 3.88. The Morgan fingerprint density at radius 1 is 1.60 bits per heavy atom. The lowest BCUT2D eigenvalue weighted by molar-refractivity contribution is 0.486. The first-order valence-electron chi connectivity index (χ1n) is 4.56. The van der Waals surface area contributed by atoms with Crippen LogP contribution in [-0.2, 0) is 16.6 Å². The molecule has 0 radical (unpaired) electrons.